The van der Waals surface area contributed by atoms with E-state index in [0.29, 0.717) is 18.6 Å². The summed E-state index contributed by atoms with van der Waals surface area (Å²) < 4.78 is 44.9. The molecular formula is C38H67NO12. The van der Waals surface area contributed by atoms with E-state index in [0.717, 1.165) is 5.57 Å². The fourth-order valence-electron chi connectivity index (χ4n) is 8.83. The number of rotatable bonds is 10. The van der Waals surface area contributed by atoms with Gasteiger partial charge in [0.2, 0.25) is 0 Å². The van der Waals surface area contributed by atoms with Crippen LogP contribution in [-0.2, 0) is 38.0 Å². The minimum Gasteiger partial charge on any atom is -0.488 e. The van der Waals surface area contributed by atoms with E-state index < -0.39 is 95.8 Å². The van der Waals surface area contributed by atoms with Gasteiger partial charge < -0.3 is 58.9 Å². The van der Waals surface area contributed by atoms with Crippen molar-refractivity contribution in [2.24, 2.45) is 17.8 Å². The van der Waals surface area contributed by atoms with Gasteiger partial charge in [-0.05, 0) is 66.9 Å². The van der Waals surface area contributed by atoms with Crippen LogP contribution in [0.5, 0.6) is 0 Å². The second-order valence-corrected chi connectivity index (χ2v) is 16.7. The molecule has 13 nitrogen and oxygen atoms in total. The molecule has 4 aliphatic rings. The Morgan fingerprint density at radius 2 is 1.71 bits per heavy atom. The second-order valence-electron chi connectivity index (χ2n) is 16.7. The Bertz CT molecular complexity index is 1230. The molecule has 3 fully saturated rings. The number of cyclic esters (lactones) is 1. The van der Waals surface area contributed by atoms with Gasteiger partial charge in [-0.25, -0.2) is 0 Å². The van der Waals surface area contributed by atoms with Crippen molar-refractivity contribution in [1.82, 2.24) is 5.32 Å². The molecule has 13 heteroatoms. The average molecular weight is 730 g/mol. The molecule has 296 valence electrons. The Hall–Kier alpha value is -1.39. The fraction of sp³-hybridized carbons (Fsp3) is 0.921. The predicted octanol–water partition coefficient (Wildman–Crippen LogP) is 3.33. The highest BCUT2D eigenvalue weighted by molar-refractivity contribution is 5.73. The van der Waals surface area contributed by atoms with Crippen molar-refractivity contribution >= 4 is 5.97 Å². The Kier molecular flexibility index (Phi) is 13.4. The lowest BCUT2D eigenvalue weighted by Crippen LogP contribution is -2.60. The molecule has 0 spiro atoms. The number of ether oxygens (including phenoxy) is 7. The van der Waals surface area contributed by atoms with E-state index in [-0.39, 0.29) is 31.0 Å². The number of hydrogen-bond donors (Lipinski definition) is 5. The number of methoxy groups -OCH3 is 1. The van der Waals surface area contributed by atoms with Crippen LogP contribution in [0.1, 0.15) is 109 Å². The topological polar surface area (TPSA) is 175 Å². The van der Waals surface area contributed by atoms with Crippen LogP contribution in [-0.4, -0.2) is 124 Å². The smallest absolute Gasteiger partial charge is 0.311 e. The first kappa shape index (κ1) is 42.4. The molecule has 4 aliphatic heterocycles. The lowest BCUT2D eigenvalue weighted by atomic mass is 9.78. The first-order chi connectivity index (χ1) is 23.6. The Morgan fingerprint density at radius 1 is 1.06 bits per heavy atom. The number of aliphatic hydroxyl groups is 4. The van der Waals surface area contributed by atoms with Gasteiger partial charge >= 0.3 is 5.97 Å². The summed E-state index contributed by atoms with van der Waals surface area (Å²) >= 11 is 0. The number of nitrogens with one attached hydrogen (secondary N) is 1. The number of fused-ring (bicyclic) bond motifs is 2. The summed E-state index contributed by atoms with van der Waals surface area (Å²) in [7, 11) is 1.53. The predicted molar refractivity (Wildman–Crippen MR) is 188 cm³/mol. The van der Waals surface area contributed by atoms with Crippen molar-refractivity contribution in [2.45, 2.75) is 199 Å². The van der Waals surface area contributed by atoms with Gasteiger partial charge in [0.1, 0.15) is 41.4 Å². The molecule has 0 radical (unpaired) electrons. The first-order valence-corrected chi connectivity index (χ1v) is 18.9. The highest BCUT2D eigenvalue weighted by atomic mass is 16.7. The van der Waals surface area contributed by atoms with E-state index in [1.165, 1.54) is 14.0 Å². The zero-order valence-corrected chi connectivity index (χ0v) is 33.0. The molecule has 5 unspecified atom stereocenters. The van der Waals surface area contributed by atoms with E-state index in [2.05, 4.69) is 5.32 Å². The van der Waals surface area contributed by atoms with Crippen LogP contribution in [0.2, 0.25) is 0 Å². The third kappa shape index (κ3) is 8.63. The molecule has 51 heavy (non-hydrogen) atoms. The molecule has 4 rings (SSSR count). The zero-order valence-electron chi connectivity index (χ0n) is 33.0. The number of hydrogen-bond acceptors (Lipinski definition) is 13. The lowest BCUT2D eigenvalue weighted by Gasteiger charge is -2.48. The van der Waals surface area contributed by atoms with Crippen molar-refractivity contribution in [1.29, 1.82) is 0 Å². The van der Waals surface area contributed by atoms with Crippen molar-refractivity contribution < 1.29 is 58.4 Å². The number of esters is 1. The van der Waals surface area contributed by atoms with Crippen molar-refractivity contribution in [3.8, 4) is 0 Å². The van der Waals surface area contributed by atoms with Gasteiger partial charge in [0.05, 0.1) is 41.9 Å². The quantitative estimate of drug-likeness (QED) is 0.208. The molecule has 5 N–H and O–H groups in total. The van der Waals surface area contributed by atoms with Crippen molar-refractivity contribution in [2.75, 3.05) is 7.11 Å². The summed E-state index contributed by atoms with van der Waals surface area (Å²) in [5.41, 5.74) is -2.96. The third-order valence-corrected chi connectivity index (χ3v) is 11.8. The molecule has 0 aromatic carbocycles. The van der Waals surface area contributed by atoms with Crippen LogP contribution in [0.15, 0.2) is 11.3 Å². The molecule has 4 heterocycles. The summed E-state index contributed by atoms with van der Waals surface area (Å²) in [6.07, 6.45) is -7.35. The molecule has 0 aliphatic carbocycles. The standard InChI is InChI=1S/C38H67NO12/c1-14-26(40)38(12,44)33-21(6)29-19(4)16-37(11,51-29)32(50-35-28(41)25(39-18(2)3)15-20(5)46-35)22(7)30(23(8)34(43)49-33)48-27-17-36(10,45-13)31(42)24(9)47-27/h18,20-28,30-33,35,39-42,44H,14-17H2,1-13H3/t20?,21-,22-,23+,24?,25?,26+,27-,28?,30-,31-,32+,33+,35-,36?,37+,38+/m0/s1. The number of aliphatic hydroxyl groups excluding tert-OH is 3. The van der Waals surface area contributed by atoms with Crippen molar-refractivity contribution in [3.05, 3.63) is 11.3 Å². The SMILES string of the molecule is CC[C@@H](O)[C@@](C)(O)[C@@H]1OC(=O)[C@H](C)[C@@H](O[C@H]2CC(C)(OC)[C@@H](O)C(C)O2)[C@H](C)[C@@H](O[C@@H]2OC(C)CC(NC(C)C)C2O)[C@@]2(C)CC(C)=C(O2)[C@@H]1C. The first-order valence-electron chi connectivity index (χ1n) is 18.9. The molecule has 2 bridgehead atoms. The van der Waals surface area contributed by atoms with Crippen molar-refractivity contribution in [3.63, 3.8) is 0 Å². The normalized spacial score (nSPS) is 45.8. The molecular weight excluding hydrogens is 662 g/mol. The molecule has 17 atom stereocenters. The lowest BCUT2D eigenvalue weighted by molar-refractivity contribution is -0.314. The molecule has 3 saturated heterocycles. The van der Waals surface area contributed by atoms with E-state index in [9.17, 15) is 25.2 Å². The summed E-state index contributed by atoms with van der Waals surface area (Å²) in [5, 5.41) is 48.7. The van der Waals surface area contributed by atoms with E-state index in [1.807, 2.05) is 48.5 Å². The Morgan fingerprint density at radius 3 is 2.29 bits per heavy atom. The maximum absolute atomic E-state index is 14.3. The monoisotopic (exact) mass is 729 g/mol. The van der Waals surface area contributed by atoms with Gasteiger partial charge in [-0.15, -0.1) is 0 Å². The van der Waals surface area contributed by atoms with Gasteiger partial charge in [0, 0.05) is 38.0 Å². The summed E-state index contributed by atoms with van der Waals surface area (Å²) in [6, 6.07) is -0.164. The average Bonchev–Trinajstić information content (AvgIpc) is 3.37. The highest BCUT2D eigenvalue weighted by Crippen LogP contribution is 2.48. The highest BCUT2D eigenvalue weighted by Gasteiger charge is 2.57. The molecule has 0 aromatic heterocycles. The minimum absolute atomic E-state index is 0.119. The van der Waals surface area contributed by atoms with E-state index in [4.69, 9.17) is 33.2 Å². The maximum Gasteiger partial charge on any atom is 0.311 e. The molecule has 0 saturated carbocycles. The number of carbonyl (C=O) groups is 1. The summed E-state index contributed by atoms with van der Waals surface area (Å²) in [5.74, 6) is -2.28. The molecule has 0 amide bonds. The molecule has 0 aromatic rings. The Balaban J connectivity index is 1.82. The third-order valence-electron chi connectivity index (χ3n) is 11.8. The fourth-order valence-corrected chi connectivity index (χ4v) is 8.83. The largest absolute Gasteiger partial charge is 0.488 e. The van der Waals surface area contributed by atoms with Crippen LogP contribution in [0.3, 0.4) is 0 Å². The maximum atomic E-state index is 14.3. The van der Waals surface area contributed by atoms with E-state index >= 15 is 0 Å². The Labute approximate surface area is 304 Å². The van der Waals surface area contributed by atoms with Crippen LogP contribution in [0, 0.1) is 17.8 Å². The van der Waals surface area contributed by atoms with Gasteiger partial charge in [-0.1, -0.05) is 34.6 Å². The van der Waals surface area contributed by atoms with Gasteiger partial charge in [-0.3, -0.25) is 4.79 Å². The van der Waals surface area contributed by atoms with E-state index in [1.54, 1.807) is 27.7 Å². The van der Waals surface area contributed by atoms with Gasteiger partial charge in [0.25, 0.3) is 0 Å². The van der Waals surface area contributed by atoms with Crippen LogP contribution < -0.4 is 5.32 Å². The summed E-state index contributed by atoms with van der Waals surface area (Å²) in [6.45, 7) is 22.1. The second kappa shape index (κ2) is 16.1. The van der Waals surface area contributed by atoms with Crippen LogP contribution >= 0.6 is 0 Å². The van der Waals surface area contributed by atoms with Crippen LogP contribution in [0.4, 0.5) is 0 Å². The van der Waals surface area contributed by atoms with Gasteiger partial charge in [0.15, 0.2) is 12.6 Å². The number of carbonyl (C=O) groups excluding carboxylic acids is 1. The van der Waals surface area contributed by atoms with Crippen LogP contribution in [0.25, 0.3) is 0 Å². The van der Waals surface area contributed by atoms with Gasteiger partial charge in [-0.2, -0.15) is 0 Å². The minimum atomic E-state index is -1.82. The zero-order chi connectivity index (χ0) is 38.4. The summed E-state index contributed by atoms with van der Waals surface area (Å²) in [4.78, 5) is 14.3.